The average Bonchev–Trinajstić information content (AvgIpc) is 3.20. The van der Waals surface area contributed by atoms with Crippen LogP contribution in [0.4, 0.5) is 0 Å². The van der Waals surface area contributed by atoms with Gasteiger partial charge in [0.1, 0.15) is 5.82 Å². The Morgan fingerprint density at radius 2 is 1.96 bits per heavy atom. The smallest absolute Gasteiger partial charge is 0.253 e. The fourth-order valence-corrected chi connectivity index (χ4v) is 4.06. The van der Waals surface area contributed by atoms with E-state index in [1.807, 2.05) is 41.2 Å². The van der Waals surface area contributed by atoms with Crippen LogP contribution < -0.4 is 5.32 Å². The third kappa shape index (κ3) is 3.15. The third-order valence-corrected chi connectivity index (χ3v) is 5.89. The third-order valence-electron chi connectivity index (χ3n) is 5.89. The Balaban J connectivity index is 1.37. The summed E-state index contributed by atoms with van der Waals surface area (Å²) in [7, 11) is 0. The Morgan fingerprint density at radius 3 is 2.58 bits per heavy atom. The molecular formula is C20H26N4O2. The summed E-state index contributed by atoms with van der Waals surface area (Å²) in [5.41, 5.74) is 0.664. The Kier molecular flexibility index (Phi) is 4.54. The van der Waals surface area contributed by atoms with Crippen molar-refractivity contribution in [2.24, 2.45) is 5.41 Å². The highest BCUT2D eigenvalue weighted by atomic mass is 16.5. The molecule has 1 amide bonds. The molecule has 26 heavy (non-hydrogen) atoms. The molecule has 1 aliphatic carbocycles. The predicted octanol–water partition coefficient (Wildman–Crippen LogP) is 2.10. The van der Waals surface area contributed by atoms with E-state index >= 15 is 0 Å². The van der Waals surface area contributed by atoms with Gasteiger partial charge in [0.25, 0.3) is 5.91 Å². The van der Waals surface area contributed by atoms with Crippen LogP contribution in [0.2, 0.25) is 0 Å². The summed E-state index contributed by atoms with van der Waals surface area (Å²) in [4.78, 5) is 19.5. The highest BCUT2D eigenvalue weighted by molar-refractivity contribution is 5.94. The van der Waals surface area contributed by atoms with Crippen LogP contribution in [0.1, 0.15) is 30.6 Å². The zero-order chi connectivity index (χ0) is 18.1. The second kappa shape index (κ2) is 6.85. The summed E-state index contributed by atoms with van der Waals surface area (Å²) < 4.78 is 7.37. The van der Waals surface area contributed by atoms with Crippen LogP contribution in [0, 0.1) is 5.41 Å². The van der Waals surface area contributed by atoms with Gasteiger partial charge in [0, 0.05) is 49.2 Å². The molecule has 6 nitrogen and oxygen atoms in total. The minimum atomic E-state index is -0.0462. The number of nitrogens with zero attached hydrogens (tertiary/aromatic N) is 3. The van der Waals surface area contributed by atoms with E-state index in [-0.39, 0.29) is 17.4 Å². The van der Waals surface area contributed by atoms with E-state index in [0.29, 0.717) is 11.6 Å². The summed E-state index contributed by atoms with van der Waals surface area (Å²) in [6.07, 6.45) is 6.51. The van der Waals surface area contributed by atoms with Crippen LogP contribution in [0.5, 0.6) is 0 Å². The van der Waals surface area contributed by atoms with Gasteiger partial charge in [-0.25, -0.2) is 4.98 Å². The van der Waals surface area contributed by atoms with Crippen molar-refractivity contribution in [3.63, 3.8) is 0 Å². The van der Waals surface area contributed by atoms with Gasteiger partial charge in [0.05, 0.1) is 18.8 Å². The van der Waals surface area contributed by atoms with Crippen LogP contribution in [0.15, 0.2) is 42.9 Å². The van der Waals surface area contributed by atoms with Crippen molar-refractivity contribution in [1.29, 1.82) is 0 Å². The summed E-state index contributed by atoms with van der Waals surface area (Å²) in [6.45, 7) is 8.08. The highest BCUT2D eigenvalue weighted by Crippen LogP contribution is 2.44. The molecule has 2 atom stereocenters. The molecule has 1 saturated heterocycles. The largest absolute Gasteiger partial charge is 0.379 e. The van der Waals surface area contributed by atoms with E-state index in [1.165, 1.54) is 0 Å². The van der Waals surface area contributed by atoms with Crippen molar-refractivity contribution in [2.75, 3.05) is 26.3 Å². The highest BCUT2D eigenvalue weighted by Gasteiger charge is 2.51. The van der Waals surface area contributed by atoms with Crippen LogP contribution in [-0.4, -0.2) is 58.7 Å². The van der Waals surface area contributed by atoms with E-state index in [0.717, 1.165) is 38.5 Å². The molecule has 6 heteroatoms. The number of ether oxygens (including phenoxy) is 1. The monoisotopic (exact) mass is 354 g/mol. The maximum atomic E-state index is 12.6. The van der Waals surface area contributed by atoms with Gasteiger partial charge < -0.3 is 14.6 Å². The number of carbonyl (C=O) groups excluding carboxylic acids is 1. The van der Waals surface area contributed by atoms with Crippen LogP contribution in [0.3, 0.4) is 0 Å². The van der Waals surface area contributed by atoms with Crippen LogP contribution in [0.25, 0.3) is 5.82 Å². The molecule has 2 aliphatic rings. The van der Waals surface area contributed by atoms with Gasteiger partial charge in [-0.05, 0) is 30.7 Å². The summed E-state index contributed by atoms with van der Waals surface area (Å²) in [6, 6.07) is 8.30. The average molecular weight is 354 g/mol. The molecule has 1 saturated carbocycles. The first kappa shape index (κ1) is 17.2. The molecule has 0 spiro atoms. The van der Waals surface area contributed by atoms with Crippen molar-refractivity contribution >= 4 is 5.91 Å². The summed E-state index contributed by atoms with van der Waals surface area (Å²) in [5, 5.41) is 3.20. The molecule has 0 bridgehead atoms. The summed E-state index contributed by atoms with van der Waals surface area (Å²) in [5.74, 6) is 0.762. The lowest BCUT2D eigenvalue weighted by molar-refractivity contribution is -0.0750. The van der Waals surface area contributed by atoms with Gasteiger partial charge in [-0.1, -0.05) is 13.8 Å². The van der Waals surface area contributed by atoms with Crippen molar-refractivity contribution in [3.8, 4) is 5.82 Å². The Bertz CT molecular complexity index is 749. The zero-order valence-corrected chi connectivity index (χ0v) is 15.4. The molecule has 2 fully saturated rings. The van der Waals surface area contributed by atoms with Crippen molar-refractivity contribution < 1.29 is 9.53 Å². The number of morpholine rings is 1. The van der Waals surface area contributed by atoms with Gasteiger partial charge in [-0.2, -0.15) is 0 Å². The number of pyridine rings is 1. The zero-order valence-electron chi connectivity index (χ0n) is 15.4. The van der Waals surface area contributed by atoms with Gasteiger partial charge in [-0.15, -0.1) is 0 Å². The van der Waals surface area contributed by atoms with E-state index < -0.39 is 0 Å². The number of amides is 1. The predicted molar refractivity (Wildman–Crippen MR) is 99.4 cm³/mol. The lowest BCUT2D eigenvalue weighted by Gasteiger charge is -2.57. The molecule has 1 aliphatic heterocycles. The van der Waals surface area contributed by atoms with E-state index in [1.54, 1.807) is 6.20 Å². The number of rotatable bonds is 4. The normalized spacial score (nSPS) is 25.5. The number of carbonyl (C=O) groups is 1. The Morgan fingerprint density at radius 1 is 1.23 bits per heavy atom. The van der Waals surface area contributed by atoms with Crippen LogP contribution >= 0.6 is 0 Å². The van der Waals surface area contributed by atoms with E-state index in [2.05, 4.69) is 29.0 Å². The summed E-state index contributed by atoms with van der Waals surface area (Å²) >= 11 is 0. The number of nitrogens with one attached hydrogen (secondary N) is 1. The van der Waals surface area contributed by atoms with Gasteiger partial charge in [-0.3, -0.25) is 9.69 Å². The molecule has 2 aromatic heterocycles. The lowest BCUT2D eigenvalue weighted by atomic mass is 9.62. The first-order valence-electron chi connectivity index (χ1n) is 9.28. The van der Waals surface area contributed by atoms with Crippen molar-refractivity contribution in [1.82, 2.24) is 19.8 Å². The molecule has 0 aromatic carbocycles. The lowest BCUT2D eigenvalue weighted by Crippen LogP contribution is -2.67. The molecule has 4 rings (SSSR count). The second-order valence-electron chi connectivity index (χ2n) is 7.74. The molecule has 1 N–H and O–H groups in total. The fraction of sp³-hybridized carbons (Fsp3) is 0.500. The second-order valence-corrected chi connectivity index (χ2v) is 7.74. The van der Waals surface area contributed by atoms with Gasteiger partial charge in [0.15, 0.2) is 0 Å². The molecule has 3 heterocycles. The quantitative estimate of drug-likeness (QED) is 0.914. The standard InChI is InChI=1S/C20H26N4O2/c1-20(2)16(13-17(20)23-9-11-26-12-10-23)22-19(25)15-5-6-18(21-14-15)24-7-3-4-8-24/h3-8,14,16-17H,9-13H2,1-2H3,(H,22,25). The first-order chi connectivity index (χ1) is 12.6. The molecule has 138 valence electrons. The number of hydrogen-bond donors (Lipinski definition) is 1. The fourth-order valence-electron chi connectivity index (χ4n) is 4.06. The maximum absolute atomic E-state index is 12.6. The van der Waals surface area contributed by atoms with Crippen molar-refractivity contribution in [3.05, 3.63) is 48.4 Å². The SMILES string of the molecule is CC1(C)C(NC(=O)c2ccc(-n3cccc3)nc2)CC1N1CCOCC1. The maximum Gasteiger partial charge on any atom is 0.253 e. The topological polar surface area (TPSA) is 59.4 Å². The molecule has 0 radical (unpaired) electrons. The van der Waals surface area contributed by atoms with E-state index in [9.17, 15) is 4.79 Å². The van der Waals surface area contributed by atoms with E-state index in [4.69, 9.17) is 4.74 Å². The number of hydrogen-bond acceptors (Lipinski definition) is 4. The van der Waals surface area contributed by atoms with Gasteiger partial charge in [0.2, 0.25) is 0 Å². The minimum absolute atomic E-state index is 0.0462. The first-order valence-corrected chi connectivity index (χ1v) is 9.28. The van der Waals surface area contributed by atoms with Gasteiger partial charge >= 0.3 is 0 Å². The molecular weight excluding hydrogens is 328 g/mol. The molecule has 2 aromatic rings. The number of aromatic nitrogens is 2. The Hall–Kier alpha value is -2.18. The van der Waals surface area contributed by atoms with Crippen molar-refractivity contribution in [2.45, 2.75) is 32.4 Å². The Labute approximate surface area is 154 Å². The minimum Gasteiger partial charge on any atom is -0.379 e. The molecule has 2 unspecified atom stereocenters. The van der Waals surface area contributed by atoms with Crippen LogP contribution in [-0.2, 0) is 4.74 Å².